The molecule has 4 nitrogen and oxygen atoms in total. The molecule has 1 saturated heterocycles. The molecule has 0 bridgehead atoms. The molecule has 2 aromatic rings. The van der Waals surface area contributed by atoms with Crippen LogP contribution in [0, 0.1) is 5.82 Å². The molecule has 1 aliphatic rings. The quantitative estimate of drug-likeness (QED) is 0.849. The second-order valence-electron chi connectivity index (χ2n) is 4.87. The minimum atomic E-state index is -0.245. The van der Waals surface area contributed by atoms with Gasteiger partial charge in [-0.2, -0.15) is 5.10 Å². The normalized spacial score (nSPS) is 16.1. The minimum absolute atomic E-state index is 0.182. The molecular formula is C14H15ClFN3O. The van der Waals surface area contributed by atoms with Crippen LogP contribution in [-0.4, -0.2) is 40.4 Å². The van der Waals surface area contributed by atoms with E-state index in [1.807, 2.05) is 10.9 Å². The average Bonchev–Trinajstić information content (AvgIpc) is 2.80. The maximum Gasteiger partial charge on any atom is 0.124 e. The van der Waals surface area contributed by atoms with Crippen molar-refractivity contribution in [2.45, 2.75) is 12.6 Å². The monoisotopic (exact) mass is 295 g/mol. The lowest BCUT2D eigenvalue weighted by Gasteiger charge is -2.38. The number of hydrogen-bond donors (Lipinski definition) is 0. The number of hydrogen-bond acceptors (Lipinski definition) is 3. The van der Waals surface area contributed by atoms with E-state index in [1.54, 1.807) is 18.3 Å². The smallest absolute Gasteiger partial charge is 0.124 e. The van der Waals surface area contributed by atoms with Gasteiger partial charge in [-0.1, -0.05) is 11.6 Å². The van der Waals surface area contributed by atoms with E-state index in [0.717, 1.165) is 31.9 Å². The zero-order chi connectivity index (χ0) is 13.9. The summed E-state index contributed by atoms with van der Waals surface area (Å²) in [7, 11) is 0. The van der Waals surface area contributed by atoms with Gasteiger partial charge >= 0.3 is 0 Å². The third-order valence-electron chi connectivity index (χ3n) is 3.29. The van der Waals surface area contributed by atoms with Crippen LogP contribution in [0.1, 0.15) is 0 Å². The largest absolute Gasteiger partial charge is 0.488 e. The van der Waals surface area contributed by atoms with Gasteiger partial charge in [0.25, 0.3) is 0 Å². The Hall–Kier alpha value is -1.59. The van der Waals surface area contributed by atoms with Crippen LogP contribution in [0.15, 0.2) is 36.7 Å². The van der Waals surface area contributed by atoms with Crippen molar-refractivity contribution in [2.75, 3.05) is 19.6 Å². The molecule has 2 heterocycles. The maximum atomic E-state index is 12.8. The fraction of sp³-hybridized carbons (Fsp3) is 0.357. The number of nitrogens with zero attached hydrogens (tertiary/aromatic N) is 3. The van der Waals surface area contributed by atoms with Gasteiger partial charge in [0.05, 0.1) is 17.8 Å². The highest BCUT2D eigenvalue weighted by Crippen LogP contribution is 2.18. The molecule has 0 spiro atoms. The van der Waals surface area contributed by atoms with Crippen molar-refractivity contribution in [1.29, 1.82) is 0 Å². The molecule has 20 heavy (non-hydrogen) atoms. The molecule has 0 radical (unpaired) electrons. The van der Waals surface area contributed by atoms with Gasteiger partial charge in [0, 0.05) is 25.8 Å². The van der Waals surface area contributed by atoms with E-state index < -0.39 is 0 Å². The van der Waals surface area contributed by atoms with E-state index in [4.69, 9.17) is 16.3 Å². The van der Waals surface area contributed by atoms with Gasteiger partial charge in [-0.05, 0) is 24.3 Å². The minimum Gasteiger partial charge on any atom is -0.488 e. The van der Waals surface area contributed by atoms with Gasteiger partial charge in [0.1, 0.15) is 17.7 Å². The number of halogens is 2. The first-order valence-corrected chi connectivity index (χ1v) is 6.89. The van der Waals surface area contributed by atoms with Gasteiger partial charge in [-0.15, -0.1) is 0 Å². The molecule has 0 aliphatic carbocycles. The van der Waals surface area contributed by atoms with E-state index in [-0.39, 0.29) is 11.9 Å². The van der Waals surface area contributed by atoms with Crippen LogP contribution in [0.5, 0.6) is 5.75 Å². The third kappa shape index (κ3) is 3.29. The topological polar surface area (TPSA) is 30.3 Å². The summed E-state index contributed by atoms with van der Waals surface area (Å²) in [6.07, 6.45) is 3.63. The Morgan fingerprint density at radius 2 is 2.00 bits per heavy atom. The fourth-order valence-electron chi connectivity index (χ4n) is 2.19. The Kier molecular flexibility index (Phi) is 3.89. The maximum absolute atomic E-state index is 12.8. The van der Waals surface area contributed by atoms with Crippen molar-refractivity contribution >= 4 is 11.6 Å². The summed E-state index contributed by atoms with van der Waals surface area (Å²) in [6, 6.07) is 6.13. The van der Waals surface area contributed by atoms with Crippen LogP contribution in [0.2, 0.25) is 5.02 Å². The first-order valence-electron chi connectivity index (χ1n) is 6.51. The Bertz CT molecular complexity index is 566. The molecule has 0 saturated carbocycles. The van der Waals surface area contributed by atoms with Gasteiger partial charge < -0.3 is 4.74 Å². The van der Waals surface area contributed by atoms with Crippen molar-refractivity contribution < 1.29 is 9.13 Å². The summed E-state index contributed by atoms with van der Waals surface area (Å²) in [6.45, 7) is 3.50. The van der Waals surface area contributed by atoms with Crippen LogP contribution in [-0.2, 0) is 6.54 Å². The zero-order valence-corrected chi connectivity index (χ0v) is 11.6. The predicted octanol–water partition coefficient (Wildman–Crippen LogP) is 2.44. The lowest BCUT2D eigenvalue weighted by Crippen LogP contribution is -2.54. The fourth-order valence-corrected chi connectivity index (χ4v) is 2.35. The molecule has 0 N–H and O–H groups in total. The molecule has 0 atom stereocenters. The molecule has 1 fully saturated rings. The van der Waals surface area contributed by atoms with Crippen molar-refractivity contribution in [1.82, 2.24) is 14.7 Å². The molecule has 6 heteroatoms. The van der Waals surface area contributed by atoms with Gasteiger partial charge in [0.15, 0.2) is 0 Å². The Balaban J connectivity index is 1.39. The van der Waals surface area contributed by atoms with E-state index in [1.165, 1.54) is 12.1 Å². The van der Waals surface area contributed by atoms with E-state index in [2.05, 4.69) is 10.00 Å². The zero-order valence-electron chi connectivity index (χ0n) is 10.9. The van der Waals surface area contributed by atoms with Gasteiger partial charge in [-0.3, -0.25) is 9.58 Å². The van der Waals surface area contributed by atoms with E-state index in [0.29, 0.717) is 5.02 Å². The summed E-state index contributed by atoms with van der Waals surface area (Å²) >= 11 is 5.80. The molecule has 106 valence electrons. The molecule has 1 aromatic heterocycles. The van der Waals surface area contributed by atoms with Gasteiger partial charge in [0.2, 0.25) is 0 Å². The van der Waals surface area contributed by atoms with E-state index >= 15 is 0 Å². The molecule has 0 amide bonds. The van der Waals surface area contributed by atoms with Crippen molar-refractivity contribution in [3.63, 3.8) is 0 Å². The molecule has 3 rings (SSSR count). The van der Waals surface area contributed by atoms with Crippen LogP contribution < -0.4 is 4.74 Å². The van der Waals surface area contributed by atoms with Crippen LogP contribution in [0.25, 0.3) is 0 Å². The lowest BCUT2D eigenvalue weighted by atomic mass is 10.1. The Morgan fingerprint density at radius 1 is 1.25 bits per heavy atom. The molecule has 0 unspecified atom stereocenters. The summed E-state index contributed by atoms with van der Waals surface area (Å²) in [4.78, 5) is 2.28. The first-order chi connectivity index (χ1) is 9.69. The number of rotatable bonds is 5. The van der Waals surface area contributed by atoms with E-state index in [9.17, 15) is 4.39 Å². The molecule has 1 aromatic carbocycles. The second kappa shape index (κ2) is 5.81. The average molecular weight is 296 g/mol. The number of likely N-dealkylation sites (tertiary alicyclic amines) is 1. The predicted molar refractivity (Wildman–Crippen MR) is 74.5 cm³/mol. The highest BCUT2D eigenvalue weighted by molar-refractivity contribution is 6.30. The standard InChI is InChI=1S/C14H15ClFN3O/c15-11-7-17-19(8-11)6-5-18-9-14(10-18)20-13-3-1-12(16)2-4-13/h1-4,7-8,14H,5-6,9-10H2. The highest BCUT2D eigenvalue weighted by Gasteiger charge is 2.27. The number of benzene rings is 1. The number of aromatic nitrogens is 2. The molecular weight excluding hydrogens is 281 g/mol. The second-order valence-corrected chi connectivity index (χ2v) is 5.31. The summed E-state index contributed by atoms with van der Waals surface area (Å²) in [5.41, 5.74) is 0. The van der Waals surface area contributed by atoms with Gasteiger partial charge in [-0.25, -0.2) is 4.39 Å². The van der Waals surface area contributed by atoms with Crippen LogP contribution >= 0.6 is 11.6 Å². The highest BCUT2D eigenvalue weighted by atomic mass is 35.5. The number of ether oxygens (including phenoxy) is 1. The third-order valence-corrected chi connectivity index (χ3v) is 3.48. The van der Waals surface area contributed by atoms with Crippen LogP contribution in [0.3, 0.4) is 0 Å². The van der Waals surface area contributed by atoms with Crippen molar-refractivity contribution in [3.05, 3.63) is 47.5 Å². The van der Waals surface area contributed by atoms with Crippen molar-refractivity contribution in [3.8, 4) is 5.75 Å². The summed E-state index contributed by atoms with van der Waals surface area (Å²) in [5.74, 6) is 0.473. The summed E-state index contributed by atoms with van der Waals surface area (Å²) in [5, 5.41) is 4.79. The lowest BCUT2D eigenvalue weighted by molar-refractivity contribution is 0.0174. The first kappa shape index (κ1) is 13.4. The SMILES string of the molecule is Fc1ccc(OC2CN(CCn3cc(Cl)cn3)C2)cc1. The molecule has 1 aliphatic heterocycles. The van der Waals surface area contributed by atoms with Crippen molar-refractivity contribution in [2.24, 2.45) is 0 Å². The van der Waals surface area contributed by atoms with Crippen LogP contribution in [0.4, 0.5) is 4.39 Å². The summed E-state index contributed by atoms with van der Waals surface area (Å²) < 4.78 is 20.3. The Labute approximate surface area is 121 Å². The Morgan fingerprint density at radius 3 is 2.65 bits per heavy atom.